The van der Waals surface area contributed by atoms with Gasteiger partial charge in [-0.15, -0.1) is 0 Å². The van der Waals surface area contributed by atoms with Crippen molar-refractivity contribution in [3.63, 3.8) is 0 Å². The highest BCUT2D eigenvalue weighted by molar-refractivity contribution is 5.87. The van der Waals surface area contributed by atoms with E-state index in [0.29, 0.717) is 31.3 Å². The Labute approximate surface area is 164 Å². The summed E-state index contributed by atoms with van der Waals surface area (Å²) in [4.78, 5) is 16.7. The fraction of sp³-hybridized carbons (Fsp3) is 0.273. The molecule has 144 valence electrons. The standard InChI is InChI=1S/C22H24N4O2/c1-15(2)14-28-22(27)20-13-26-12-16-8-9-18(24-17-6-4-3-5-7-17)10-19(16)23-11-21(26)25-20/h3-10,13,15,23-24H,11-12,14H2,1-2H3. The van der Waals surface area contributed by atoms with Crippen LogP contribution in [0.4, 0.5) is 17.1 Å². The molecule has 28 heavy (non-hydrogen) atoms. The lowest BCUT2D eigenvalue weighted by Gasteiger charge is -2.12. The van der Waals surface area contributed by atoms with E-state index >= 15 is 0 Å². The number of imidazole rings is 1. The van der Waals surface area contributed by atoms with Gasteiger partial charge in [0.15, 0.2) is 5.69 Å². The highest BCUT2D eigenvalue weighted by Crippen LogP contribution is 2.27. The molecule has 0 bridgehead atoms. The van der Waals surface area contributed by atoms with Crippen LogP contribution >= 0.6 is 0 Å². The third-order valence-corrected chi connectivity index (χ3v) is 4.57. The van der Waals surface area contributed by atoms with Gasteiger partial charge in [-0.2, -0.15) is 0 Å². The molecule has 0 saturated carbocycles. The number of hydrogen-bond donors (Lipinski definition) is 2. The number of aromatic nitrogens is 2. The van der Waals surface area contributed by atoms with E-state index in [1.807, 2.05) is 48.7 Å². The molecule has 0 radical (unpaired) electrons. The van der Waals surface area contributed by atoms with E-state index < -0.39 is 0 Å². The number of benzene rings is 2. The van der Waals surface area contributed by atoms with Crippen LogP contribution in [0.5, 0.6) is 0 Å². The summed E-state index contributed by atoms with van der Waals surface area (Å²) < 4.78 is 7.31. The van der Waals surface area contributed by atoms with Gasteiger partial charge >= 0.3 is 5.97 Å². The second kappa shape index (κ2) is 7.76. The molecule has 0 saturated heterocycles. The first-order chi connectivity index (χ1) is 13.6. The first kappa shape index (κ1) is 18.1. The van der Waals surface area contributed by atoms with Crippen LogP contribution in [-0.4, -0.2) is 22.1 Å². The van der Waals surface area contributed by atoms with Crippen molar-refractivity contribution in [2.45, 2.75) is 26.9 Å². The molecule has 2 aromatic carbocycles. The molecule has 0 spiro atoms. The lowest BCUT2D eigenvalue weighted by molar-refractivity contribution is 0.0452. The first-order valence-electron chi connectivity index (χ1n) is 9.50. The smallest absolute Gasteiger partial charge is 0.358 e. The van der Waals surface area contributed by atoms with E-state index in [0.717, 1.165) is 28.5 Å². The Hall–Kier alpha value is -3.28. The van der Waals surface area contributed by atoms with Gasteiger partial charge in [-0.25, -0.2) is 9.78 Å². The number of nitrogens with one attached hydrogen (secondary N) is 2. The number of esters is 1. The molecular formula is C22H24N4O2. The third kappa shape index (κ3) is 4.01. The van der Waals surface area contributed by atoms with Crippen molar-refractivity contribution >= 4 is 23.0 Å². The largest absolute Gasteiger partial charge is 0.461 e. The van der Waals surface area contributed by atoms with Gasteiger partial charge in [-0.3, -0.25) is 0 Å². The molecule has 1 aliphatic rings. The van der Waals surface area contributed by atoms with Crippen LogP contribution < -0.4 is 10.6 Å². The number of anilines is 3. The molecule has 2 N–H and O–H groups in total. The second-order valence-electron chi connectivity index (χ2n) is 7.38. The summed E-state index contributed by atoms with van der Waals surface area (Å²) in [6.45, 7) is 5.64. The summed E-state index contributed by atoms with van der Waals surface area (Å²) in [7, 11) is 0. The minimum atomic E-state index is -0.364. The van der Waals surface area contributed by atoms with Crippen molar-refractivity contribution in [1.29, 1.82) is 0 Å². The molecule has 1 aromatic heterocycles. The third-order valence-electron chi connectivity index (χ3n) is 4.57. The summed E-state index contributed by atoms with van der Waals surface area (Å²) in [6, 6.07) is 16.3. The van der Waals surface area contributed by atoms with Gasteiger partial charge in [0.1, 0.15) is 5.82 Å². The number of rotatable bonds is 5. The number of carbonyl (C=O) groups is 1. The Kier molecular flexibility index (Phi) is 5.02. The predicted octanol–water partition coefficient (Wildman–Crippen LogP) is 4.41. The molecule has 0 unspecified atom stereocenters. The first-order valence-corrected chi connectivity index (χ1v) is 9.50. The minimum absolute atomic E-state index is 0.302. The summed E-state index contributed by atoms with van der Waals surface area (Å²) >= 11 is 0. The van der Waals surface area contributed by atoms with E-state index in [-0.39, 0.29) is 5.97 Å². The lowest BCUT2D eigenvalue weighted by atomic mass is 10.1. The van der Waals surface area contributed by atoms with Gasteiger partial charge in [0.25, 0.3) is 0 Å². The van der Waals surface area contributed by atoms with Crippen molar-refractivity contribution in [2.75, 3.05) is 17.2 Å². The molecule has 4 rings (SSSR count). The Morgan fingerprint density at radius 1 is 1.21 bits per heavy atom. The molecule has 0 amide bonds. The quantitative estimate of drug-likeness (QED) is 0.646. The van der Waals surface area contributed by atoms with Crippen LogP contribution in [0.1, 0.15) is 35.7 Å². The van der Waals surface area contributed by atoms with E-state index in [1.165, 1.54) is 0 Å². The maximum absolute atomic E-state index is 12.2. The molecule has 0 aliphatic carbocycles. The summed E-state index contributed by atoms with van der Waals surface area (Å²) in [5.74, 6) is 0.763. The van der Waals surface area contributed by atoms with Gasteiger partial charge in [-0.05, 0) is 35.7 Å². The van der Waals surface area contributed by atoms with Gasteiger partial charge in [0.2, 0.25) is 0 Å². The van der Waals surface area contributed by atoms with Crippen LogP contribution in [-0.2, 0) is 17.8 Å². The molecule has 0 atom stereocenters. The van der Waals surface area contributed by atoms with Crippen LogP contribution in [0, 0.1) is 5.92 Å². The fourth-order valence-corrected chi connectivity index (χ4v) is 3.15. The molecule has 6 heteroatoms. The maximum atomic E-state index is 12.2. The molecule has 0 fully saturated rings. The van der Waals surface area contributed by atoms with Crippen molar-refractivity contribution in [2.24, 2.45) is 5.92 Å². The van der Waals surface area contributed by atoms with Crippen LogP contribution in [0.2, 0.25) is 0 Å². The maximum Gasteiger partial charge on any atom is 0.358 e. The summed E-state index contributed by atoms with van der Waals surface area (Å²) in [5, 5.41) is 6.85. The van der Waals surface area contributed by atoms with Gasteiger partial charge in [0, 0.05) is 23.3 Å². The normalized spacial score (nSPS) is 12.5. The Balaban J connectivity index is 1.50. The zero-order valence-electron chi connectivity index (χ0n) is 16.1. The van der Waals surface area contributed by atoms with Crippen molar-refractivity contribution in [3.8, 4) is 0 Å². The number of ether oxygens (including phenoxy) is 1. The summed E-state index contributed by atoms with van der Waals surface area (Å²) in [6.07, 6.45) is 1.78. The number of hydrogen-bond acceptors (Lipinski definition) is 5. The molecule has 2 heterocycles. The Morgan fingerprint density at radius 3 is 2.82 bits per heavy atom. The summed E-state index contributed by atoms with van der Waals surface area (Å²) in [5.41, 5.74) is 4.65. The van der Waals surface area contributed by atoms with E-state index in [4.69, 9.17) is 4.74 Å². The average Bonchev–Trinajstić information content (AvgIpc) is 3.02. The van der Waals surface area contributed by atoms with Crippen molar-refractivity contribution in [1.82, 2.24) is 9.55 Å². The van der Waals surface area contributed by atoms with E-state index in [9.17, 15) is 4.79 Å². The van der Waals surface area contributed by atoms with Crippen LogP contribution in [0.25, 0.3) is 0 Å². The number of fused-ring (bicyclic) bond motifs is 2. The van der Waals surface area contributed by atoms with Gasteiger partial charge in [-0.1, -0.05) is 38.1 Å². The Morgan fingerprint density at radius 2 is 2.04 bits per heavy atom. The molecular weight excluding hydrogens is 352 g/mol. The monoisotopic (exact) mass is 376 g/mol. The zero-order valence-corrected chi connectivity index (χ0v) is 16.1. The van der Waals surface area contributed by atoms with Gasteiger partial charge < -0.3 is 19.9 Å². The van der Waals surface area contributed by atoms with Gasteiger partial charge in [0.05, 0.1) is 19.7 Å². The average molecular weight is 376 g/mol. The molecule has 3 aromatic rings. The Bertz CT molecular complexity index is 979. The highest BCUT2D eigenvalue weighted by atomic mass is 16.5. The number of para-hydroxylation sites is 1. The number of nitrogens with zero attached hydrogens (tertiary/aromatic N) is 2. The highest BCUT2D eigenvalue weighted by Gasteiger charge is 2.19. The molecule has 6 nitrogen and oxygen atoms in total. The fourth-order valence-electron chi connectivity index (χ4n) is 3.15. The lowest BCUT2D eigenvalue weighted by Crippen LogP contribution is -2.11. The topological polar surface area (TPSA) is 68.2 Å². The number of carbonyl (C=O) groups excluding carboxylic acids is 1. The second-order valence-corrected chi connectivity index (χ2v) is 7.38. The van der Waals surface area contributed by atoms with E-state index in [1.54, 1.807) is 6.20 Å². The SMILES string of the molecule is CC(C)COC(=O)c1cn2c(n1)CNc1cc(Nc3ccccc3)ccc1C2. The zero-order chi connectivity index (χ0) is 19.5. The van der Waals surface area contributed by atoms with Crippen LogP contribution in [0.15, 0.2) is 54.7 Å². The van der Waals surface area contributed by atoms with Crippen molar-refractivity contribution < 1.29 is 9.53 Å². The predicted molar refractivity (Wildman–Crippen MR) is 110 cm³/mol. The van der Waals surface area contributed by atoms with Crippen molar-refractivity contribution in [3.05, 3.63) is 71.8 Å². The van der Waals surface area contributed by atoms with Crippen LogP contribution in [0.3, 0.4) is 0 Å². The van der Waals surface area contributed by atoms with E-state index in [2.05, 4.69) is 33.8 Å². The minimum Gasteiger partial charge on any atom is -0.461 e. The molecule has 1 aliphatic heterocycles.